The number of aromatic amines is 1. The SMILES string of the molecule is C=CCn1nc(C)c(C2c3nc[nH]c3CCN2Cc2ccccn2)c1C. The van der Waals surface area contributed by atoms with Crippen molar-refractivity contribution in [1.82, 2.24) is 29.6 Å². The van der Waals surface area contributed by atoms with Gasteiger partial charge in [0.05, 0.1) is 36.0 Å². The number of H-pyrrole nitrogens is 1. The van der Waals surface area contributed by atoms with Crippen LogP contribution >= 0.6 is 0 Å². The molecule has 134 valence electrons. The maximum absolute atomic E-state index is 4.74. The minimum Gasteiger partial charge on any atom is -0.348 e. The molecule has 3 aromatic rings. The smallest absolute Gasteiger partial charge is 0.0926 e. The molecule has 3 aromatic heterocycles. The van der Waals surface area contributed by atoms with Gasteiger partial charge in [-0.15, -0.1) is 6.58 Å². The summed E-state index contributed by atoms with van der Waals surface area (Å²) in [5, 5.41) is 4.74. The first-order valence-corrected chi connectivity index (χ1v) is 9.00. The summed E-state index contributed by atoms with van der Waals surface area (Å²) in [7, 11) is 0. The van der Waals surface area contributed by atoms with Crippen LogP contribution < -0.4 is 0 Å². The van der Waals surface area contributed by atoms with Gasteiger partial charge in [-0.3, -0.25) is 14.6 Å². The molecule has 0 saturated carbocycles. The van der Waals surface area contributed by atoms with Gasteiger partial charge in [0.1, 0.15) is 0 Å². The number of imidazole rings is 1. The summed E-state index contributed by atoms with van der Waals surface area (Å²) in [5.41, 5.74) is 6.88. The molecule has 0 bridgehead atoms. The van der Waals surface area contributed by atoms with Gasteiger partial charge in [0.15, 0.2) is 0 Å². The van der Waals surface area contributed by atoms with Gasteiger partial charge < -0.3 is 4.98 Å². The fraction of sp³-hybridized carbons (Fsp3) is 0.350. The van der Waals surface area contributed by atoms with E-state index >= 15 is 0 Å². The summed E-state index contributed by atoms with van der Waals surface area (Å²) in [6.07, 6.45) is 6.51. The van der Waals surface area contributed by atoms with E-state index in [2.05, 4.69) is 46.3 Å². The van der Waals surface area contributed by atoms with Gasteiger partial charge in [-0.2, -0.15) is 5.10 Å². The lowest BCUT2D eigenvalue weighted by Crippen LogP contribution is -2.36. The zero-order chi connectivity index (χ0) is 18.1. The molecule has 0 spiro atoms. The number of rotatable bonds is 5. The van der Waals surface area contributed by atoms with Crippen LogP contribution in [0.1, 0.15) is 40.1 Å². The van der Waals surface area contributed by atoms with Gasteiger partial charge in [0, 0.05) is 42.7 Å². The number of nitrogens with one attached hydrogen (secondary N) is 1. The van der Waals surface area contributed by atoms with Crippen molar-refractivity contribution in [3.63, 3.8) is 0 Å². The van der Waals surface area contributed by atoms with Gasteiger partial charge in [0.2, 0.25) is 0 Å². The standard InChI is InChI=1S/C20H24N6/c1-4-10-26-15(3)18(14(2)24-26)20-19-17(22-13-23-19)8-11-25(20)12-16-7-5-6-9-21-16/h4-7,9,13,20H,1,8,10-12H2,2-3H3,(H,22,23). The van der Waals surface area contributed by atoms with Gasteiger partial charge >= 0.3 is 0 Å². The van der Waals surface area contributed by atoms with E-state index in [-0.39, 0.29) is 6.04 Å². The highest BCUT2D eigenvalue weighted by molar-refractivity contribution is 5.38. The van der Waals surface area contributed by atoms with Crippen molar-refractivity contribution >= 4 is 0 Å². The fourth-order valence-corrected chi connectivity index (χ4v) is 3.92. The maximum atomic E-state index is 4.74. The zero-order valence-electron chi connectivity index (χ0n) is 15.3. The Morgan fingerprint density at radius 1 is 1.31 bits per heavy atom. The molecule has 26 heavy (non-hydrogen) atoms. The van der Waals surface area contributed by atoms with E-state index in [4.69, 9.17) is 5.10 Å². The van der Waals surface area contributed by atoms with E-state index in [1.54, 1.807) is 6.33 Å². The summed E-state index contributed by atoms with van der Waals surface area (Å²) < 4.78 is 2.03. The first-order chi connectivity index (χ1) is 12.7. The average molecular weight is 348 g/mol. The second-order valence-corrected chi connectivity index (χ2v) is 6.77. The quantitative estimate of drug-likeness (QED) is 0.720. The highest BCUT2D eigenvalue weighted by Crippen LogP contribution is 2.37. The van der Waals surface area contributed by atoms with Gasteiger partial charge in [-0.1, -0.05) is 12.1 Å². The molecular formula is C20H24N6. The van der Waals surface area contributed by atoms with Crippen LogP contribution in [-0.4, -0.2) is 36.2 Å². The molecule has 1 N–H and O–H groups in total. The molecule has 0 amide bonds. The van der Waals surface area contributed by atoms with Crippen molar-refractivity contribution in [2.45, 2.75) is 39.4 Å². The highest BCUT2D eigenvalue weighted by atomic mass is 15.3. The molecule has 4 rings (SSSR count). The number of nitrogens with zero attached hydrogens (tertiary/aromatic N) is 5. The van der Waals surface area contributed by atoms with Crippen LogP contribution in [0, 0.1) is 13.8 Å². The van der Waals surface area contributed by atoms with Crippen LogP contribution in [0.2, 0.25) is 0 Å². The van der Waals surface area contributed by atoms with Crippen LogP contribution in [0.25, 0.3) is 0 Å². The van der Waals surface area contributed by atoms with Crippen LogP contribution in [0.3, 0.4) is 0 Å². The average Bonchev–Trinajstić information content (AvgIpc) is 3.22. The molecule has 0 fully saturated rings. The van der Waals surface area contributed by atoms with Crippen LogP contribution in [0.4, 0.5) is 0 Å². The van der Waals surface area contributed by atoms with E-state index in [0.717, 1.165) is 36.6 Å². The Hall–Kier alpha value is -2.73. The Labute approximate surface area is 153 Å². The molecule has 0 aromatic carbocycles. The number of pyridine rings is 1. The Kier molecular flexibility index (Phi) is 4.42. The van der Waals surface area contributed by atoms with Crippen molar-refractivity contribution < 1.29 is 0 Å². The van der Waals surface area contributed by atoms with Crippen molar-refractivity contribution in [1.29, 1.82) is 0 Å². The Morgan fingerprint density at radius 2 is 2.19 bits per heavy atom. The van der Waals surface area contributed by atoms with E-state index < -0.39 is 0 Å². The molecule has 1 atom stereocenters. The summed E-state index contributed by atoms with van der Waals surface area (Å²) in [6, 6.07) is 6.17. The molecule has 1 aliphatic rings. The molecule has 0 radical (unpaired) electrons. The topological polar surface area (TPSA) is 62.6 Å². The van der Waals surface area contributed by atoms with E-state index in [9.17, 15) is 0 Å². The van der Waals surface area contributed by atoms with Gasteiger partial charge in [-0.25, -0.2) is 4.98 Å². The largest absolute Gasteiger partial charge is 0.348 e. The second-order valence-electron chi connectivity index (χ2n) is 6.77. The lowest BCUT2D eigenvalue weighted by atomic mass is 9.94. The third-order valence-electron chi connectivity index (χ3n) is 5.13. The van der Waals surface area contributed by atoms with Crippen molar-refractivity contribution in [3.8, 4) is 0 Å². The van der Waals surface area contributed by atoms with E-state index in [1.165, 1.54) is 17.0 Å². The predicted octanol–water partition coefficient (Wildman–Crippen LogP) is 2.95. The van der Waals surface area contributed by atoms with Crippen molar-refractivity contribution in [3.05, 3.63) is 77.4 Å². The minimum atomic E-state index is 0.0885. The molecule has 1 aliphatic heterocycles. The fourth-order valence-electron chi connectivity index (χ4n) is 3.92. The number of fused-ring (bicyclic) bond motifs is 1. The molecule has 6 heteroatoms. The normalized spacial score (nSPS) is 17.2. The number of hydrogen-bond donors (Lipinski definition) is 1. The summed E-state index contributed by atoms with van der Waals surface area (Å²) in [5.74, 6) is 0. The van der Waals surface area contributed by atoms with Gasteiger partial charge in [-0.05, 0) is 26.0 Å². The molecule has 1 unspecified atom stereocenters. The number of hydrogen-bond acceptors (Lipinski definition) is 4. The molecule has 0 saturated heterocycles. The van der Waals surface area contributed by atoms with Crippen molar-refractivity contribution in [2.24, 2.45) is 0 Å². The highest BCUT2D eigenvalue weighted by Gasteiger charge is 2.34. The Morgan fingerprint density at radius 3 is 2.96 bits per heavy atom. The van der Waals surface area contributed by atoms with Crippen LogP contribution in [-0.2, 0) is 19.5 Å². The number of allylic oxidation sites excluding steroid dienone is 1. The van der Waals surface area contributed by atoms with E-state index in [1.807, 2.05) is 29.1 Å². The summed E-state index contributed by atoms with van der Waals surface area (Å²) in [4.78, 5) is 15.0. The zero-order valence-corrected chi connectivity index (χ0v) is 15.3. The maximum Gasteiger partial charge on any atom is 0.0926 e. The summed E-state index contributed by atoms with van der Waals surface area (Å²) >= 11 is 0. The molecular weight excluding hydrogens is 324 g/mol. The lowest BCUT2D eigenvalue weighted by molar-refractivity contribution is 0.197. The Balaban J connectivity index is 1.78. The third-order valence-corrected chi connectivity index (χ3v) is 5.13. The minimum absolute atomic E-state index is 0.0885. The van der Waals surface area contributed by atoms with Crippen LogP contribution in [0.15, 0.2) is 43.4 Å². The third kappa shape index (κ3) is 2.86. The Bertz CT molecular complexity index is 908. The summed E-state index contributed by atoms with van der Waals surface area (Å²) in [6.45, 7) is 10.5. The molecule has 0 aliphatic carbocycles. The first kappa shape index (κ1) is 16.7. The van der Waals surface area contributed by atoms with Crippen molar-refractivity contribution in [2.75, 3.05) is 6.54 Å². The van der Waals surface area contributed by atoms with Gasteiger partial charge in [0.25, 0.3) is 0 Å². The lowest BCUT2D eigenvalue weighted by Gasteiger charge is -2.35. The first-order valence-electron chi connectivity index (χ1n) is 9.00. The molecule has 6 nitrogen and oxygen atoms in total. The molecule has 4 heterocycles. The predicted molar refractivity (Wildman–Crippen MR) is 101 cm³/mol. The number of aryl methyl sites for hydroxylation is 1. The monoisotopic (exact) mass is 348 g/mol. The second kappa shape index (κ2) is 6.88. The van der Waals surface area contributed by atoms with Crippen LogP contribution in [0.5, 0.6) is 0 Å². The van der Waals surface area contributed by atoms with E-state index in [0.29, 0.717) is 6.54 Å². The number of aromatic nitrogens is 5.